The zero-order valence-electron chi connectivity index (χ0n) is 13.8. The number of carbonyl (C=O) groups excluding carboxylic acids is 1. The maximum Gasteiger partial charge on any atom is 0.319 e. The van der Waals surface area contributed by atoms with Gasteiger partial charge in [0.25, 0.3) is 0 Å². The number of carbonyl (C=O) groups is 1. The molecule has 0 spiro atoms. The molecule has 2 amide bonds. The Kier molecular flexibility index (Phi) is 5.45. The number of halogens is 1. The minimum absolute atomic E-state index is 0.0246. The molecule has 0 saturated carbocycles. The Balaban J connectivity index is 1.47. The van der Waals surface area contributed by atoms with E-state index in [9.17, 15) is 14.3 Å². The van der Waals surface area contributed by atoms with Crippen molar-refractivity contribution in [3.63, 3.8) is 0 Å². The van der Waals surface area contributed by atoms with Crippen LogP contribution in [0.5, 0.6) is 0 Å². The summed E-state index contributed by atoms with van der Waals surface area (Å²) in [5.41, 5.74) is 1.12. The number of hydrogen-bond donors (Lipinski definition) is 3. The first-order valence-corrected chi connectivity index (χ1v) is 8.31. The molecule has 132 valence electrons. The smallest absolute Gasteiger partial charge is 0.319 e. The highest BCUT2D eigenvalue weighted by Crippen LogP contribution is 2.19. The second-order valence-electron chi connectivity index (χ2n) is 6.00. The topological polar surface area (TPSA) is 77.5 Å². The van der Waals surface area contributed by atoms with Crippen molar-refractivity contribution in [2.24, 2.45) is 0 Å². The van der Waals surface area contributed by atoms with Crippen molar-refractivity contribution < 1.29 is 14.3 Å². The van der Waals surface area contributed by atoms with Gasteiger partial charge in [-0.15, -0.1) is 0 Å². The average molecular weight is 344 g/mol. The van der Waals surface area contributed by atoms with Crippen LogP contribution in [0.2, 0.25) is 0 Å². The number of benzene rings is 1. The lowest BCUT2D eigenvalue weighted by Crippen LogP contribution is -2.32. The summed E-state index contributed by atoms with van der Waals surface area (Å²) in [7, 11) is 0. The molecule has 25 heavy (non-hydrogen) atoms. The lowest BCUT2D eigenvalue weighted by atomic mass is 10.1. The largest absolute Gasteiger partial charge is 0.387 e. The van der Waals surface area contributed by atoms with Gasteiger partial charge in [-0.2, -0.15) is 0 Å². The molecule has 3 rings (SSSR count). The molecule has 1 aromatic heterocycles. The third-order valence-electron chi connectivity index (χ3n) is 4.15. The fraction of sp³-hybridized carbons (Fsp3) is 0.333. The molecule has 1 unspecified atom stereocenters. The highest BCUT2D eigenvalue weighted by molar-refractivity contribution is 5.89. The van der Waals surface area contributed by atoms with Gasteiger partial charge in [-0.25, -0.2) is 14.2 Å². The van der Waals surface area contributed by atoms with Crippen LogP contribution in [0.3, 0.4) is 0 Å². The van der Waals surface area contributed by atoms with Gasteiger partial charge in [0, 0.05) is 19.6 Å². The SMILES string of the molecule is O=C(NCC(O)c1ccc(F)cc1)Nc1ccc(N2CCCC2)nc1. The van der Waals surface area contributed by atoms with Gasteiger partial charge >= 0.3 is 6.03 Å². The quantitative estimate of drug-likeness (QED) is 0.779. The van der Waals surface area contributed by atoms with E-state index in [2.05, 4.69) is 20.5 Å². The molecule has 1 aromatic carbocycles. The van der Waals surface area contributed by atoms with Crippen LogP contribution in [-0.4, -0.2) is 35.8 Å². The predicted octanol–water partition coefficient (Wildman–Crippen LogP) is 2.68. The van der Waals surface area contributed by atoms with Crippen molar-refractivity contribution >= 4 is 17.5 Å². The molecule has 0 aliphatic carbocycles. The number of anilines is 2. The summed E-state index contributed by atoms with van der Waals surface area (Å²) in [6.07, 6.45) is 3.08. The number of aliphatic hydroxyl groups excluding tert-OH is 1. The Morgan fingerprint density at radius 1 is 1.20 bits per heavy atom. The minimum atomic E-state index is -0.901. The molecular formula is C18H21FN4O2. The van der Waals surface area contributed by atoms with Gasteiger partial charge in [-0.3, -0.25) is 0 Å². The number of hydrogen-bond acceptors (Lipinski definition) is 4. The number of rotatable bonds is 5. The van der Waals surface area contributed by atoms with E-state index in [1.807, 2.05) is 6.07 Å². The first-order chi connectivity index (χ1) is 12.1. The fourth-order valence-electron chi connectivity index (χ4n) is 2.76. The zero-order valence-corrected chi connectivity index (χ0v) is 13.8. The Hall–Kier alpha value is -2.67. The molecule has 0 radical (unpaired) electrons. The van der Waals surface area contributed by atoms with Gasteiger partial charge in [-0.1, -0.05) is 12.1 Å². The van der Waals surface area contributed by atoms with E-state index in [0.29, 0.717) is 11.3 Å². The fourth-order valence-corrected chi connectivity index (χ4v) is 2.76. The number of pyridine rings is 1. The number of amides is 2. The summed E-state index contributed by atoms with van der Waals surface area (Å²) in [6, 6.07) is 8.77. The summed E-state index contributed by atoms with van der Waals surface area (Å²) < 4.78 is 12.9. The normalized spacial score (nSPS) is 15.0. The van der Waals surface area contributed by atoms with Crippen LogP contribution in [0.1, 0.15) is 24.5 Å². The van der Waals surface area contributed by atoms with Crippen molar-refractivity contribution in [2.45, 2.75) is 18.9 Å². The lowest BCUT2D eigenvalue weighted by molar-refractivity contribution is 0.175. The van der Waals surface area contributed by atoms with E-state index in [1.165, 1.54) is 37.1 Å². The lowest BCUT2D eigenvalue weighted by Gasteiger charge is -2.16. The van der Waals surface area contributed by atoms with Gasteiger partial charge in [0.1, 0.15) is 11.6 Å². The molecular weight excluding hydrogens is 323 g/mol. The van der Waals surface area contributed by atoms with Crippen molar-refractivity contribution in [1.29, 1.82) is 0 Å². The molecule has 1 fully saturated rings. The molecule has 1 saturated heterocycles. The van der Waals surface area contributed by atoms with Crippen LogP contribution >= 0.6 is 0 Å². The molecule has 1 aliphatic rings. The molecule has 1 atom stereocenters. The molecule has 2 heterocycles. The number of aromatic nitrogens is 1. The van der Waals surface area contributed by atoms with Crippen molar-refractivity contribution in [2.75, 3.05) is 29.9 Å². The summed E-state index contributed by atoms with van der Waals surface area (Å²) in [6.45, 7) is 2.06. The average Bonchev–Trinajstić information content (AvgIpc) is 3.15. The third-order valence-corrected chi connectivity index (χ3v) is 4.15. The molecule has 0 bridgehead atoms. The molecule has 2 aromatic rings. The molecule has 3 N–H and O–H groups in total. The highest BCUT2D eigenvalue weighted by atomic mass is 19.1. The Bertz CT molecular complexity index is 700. The standard InChI is InChI=1S/C18H21FN4O2/c19-14-5-3-13(4-6-14)16(24)12-21-18(25)22-15-7-8-17(20-11-15)23-9-1-2-10-23/h3-8,11,16,24H,1-2,9-10,12H2,(H2,21,22,25). The molecule has 6 nitrogen and oxygen atoms in total. The zero-order chi connectivity index (χ0) is 17.6. The molecule has 1 aliphatic heterocycles. The van der Waals surface area contributed by atoms with Gasteiger partial charge in [0.15, 0.2) is 0 Å². The minimum Gasteiger partial charge on any atom is -0.387 e. The summed E-state index contributed by atoms with van der Waals surface area (Å²) in [5, 5.41) is 15.3. The van der Waals surface area contributed by atoms with Crippen LogP contribution in [0.15, 0.2) is 42.6 Å². The van der Waals surface area contributed by atoms with Gasteiger partial charge < -0.3 is 20.6 Å². The number of nitrogens with zero attached hydrogens (tertiary/aromatic N) is 2. The van der Waals surface area contributed by atoms with E-state index < -0.39 is 12.1 Å². The Labute approximate surface area is 145 Å². The van der Waals surface area contributed by atoms with Gasteiger partial charge in [0.05, 0.1) is 18.0 Å². The summed E-state index contributed by atoms with van der Waals surface area (Å²) >= 11 is 0. The van der Waals surface area contributed by atoms with Crippen LogP contribution in [0.25, 0.3) is 0 Å². The third kappa shape index (κ3) is 4.67. The Morgan fingerprint density at radius 2 is 1.92 bits per heavy atom. The van der Waals surface area contributed by atoms with Crippen molar-refractivity contribution in [3.05, 3.63) is 54.0 Å². The maximum atomic E-state index is 12.9. The summed E-state index contributed by atoms with van der Waals surface area (Å²) in [4.78, 5) is 18.5. The van der Waals surface area contributed by atoms with E-state index in [1.54, 1.807) is 12.3 Å². The number of nitrogens with one attached hydrogen (secondary N) is 2. The van der Waals surface area contributed by atoms with Crippen molar-refractivity contribution in [3.8, 4) is 0 Å². The van der Waals surface area contributed by atoms with Crippen LogP contribution in [0.4, 0.5) is 20.7 Å². The van der Waals surface area contributed by atoms with Crippen LogP contribution in [0, 0.1) is 5.82 Å². The van der Waals surface area contributed by atoms with E-state index in [4.69, 9.17) is 0 Å². The summed E-state index contributed by atoms with van der Waals surface area (Å²) in [5.74, 6) is 0.543. The second-order valence-corrected chi connectivity index (χ2v) is 6.00. The first-order valence-electron chi connectivity index (χ1n) is 8.31. The first kappa shape index (κ1) is 17.2. The Morgan fingerprint density at radius 3 is 2.56 bits per heavy atom. The highest BCUT2D eigenvalue weighted by Gasteiger charge is 2.14. The van der Waals surface area contributed by atoms with Gasteiger partial charge in [0.2, 0.25) is 0 Å². The maximum absolute atomic E-state index is 12.9. The number of urea groups is 1. The van der Waals surface area contributed by atoms with Crippen LogP contribution < -0.4 is 15.5 Å². The predicted molar refractivity (Wildman–Crippen MR) is 94.1 cm³/mol. The van der Waals surface area contributed by atoms with Gasteiger partial charge in [-0.05, 0) is 42.7 Å². The molecule has 7 heteroatoms. The van der Waals surface area contributed by atoms with Crippen LogP contribution in [-0.2, 0) is 0 Å². The van der Waals surface area contributed by atoms with E-state index in [0.717, 1.165) is 18.9 Å². The van der Waals surface area contributed by atoms with E-state index in [-0.39, 0.29) is 12.4 Å². The van der Waals surface area contributed by atoms with Crippen molar-refractivity contribution in [1.82, 2.24) is 10.3 Å². The van der Waals surface area contributed by atoms with E-state index >= 15 is 0 Å². The number of aliphatic hydroxyl groups is 1. The monoisotopic (exact) mass is 344 g/mol. The second kappa shape index (κ2) is 7.94.